The second kappa shape index (κ2) is 0.854. The third-order valence-corrected chi connectivity index (χ3v) is 1.15. The molecule has 1 N–H and O–H groups in total. The average Bonchev–Trinajstić information content (AvgIpc) is 1.79. The molecule has 0 amide bonds. The van der Waals surface area contributed by atoms with E-state index in [0.29, 0.717) is 0 Å². The first kappa shape index (κ1) is 3.44. The third-order valence-electron chi connectivity index (χ3n) is 0.681. The lowest BCUT2D eigenvalue weighted by Crippen LogP contribution is -1.77. The van der Waals surface area contributed by atoms with Crippen LogP contribution in [0.1, 0.15) is 6.42 Å². The van der Waals surface area contributed by atoms with Gasteiger partial charge in [-0.15, -0.1) is 11.6 Å². The van der Waals surface area contributed by atoms with Crippen molar-refractivity contribution in [2.75, 3.05) is 0 Å². The molecule has 0 heterocycles. The molecule has 1 fully saturated rings. The summed E-state index contributed by atoms with van der Waals surface area (Å²) in [6.45, 7) is 0. The smallest absolute Gasteiger partial charge is 0.0719 e. The lowest BCUT2D eigenvalue weighted by Gasteiger charge is -1.66. The Morgan fingerprint density at radius 2 is 2.00 bits per heavy atom. The van der Waals surface area contributed by atoms with E-state index in [9.17, 15) is 0 Å². The molecule has 0 spiro atoms. The Labute approximate surface area is 35.6 Å². The summed E-state index contributed by atoms with van der Waals surface area (Å²) in [4.78, 5) is 0. The van der Waals surface area contributed by atoms with E-state index in [0.717, 1.165) is 6.42 Å². The van der Waals surface area contributed by atoms with Crippen molar-refractivity contribution in [1.29, 1.82) is 0 Å². The molecule has 2 heteroatoms. The van der Waals surface area contributed by atoms with Crippen molar-refractivity contribution in [3.8, 4) is 0 Å². The van der Waals surface area contributed by atoms with Gasteiger partial charge in [0, 0.05) is 0 Å². The van der Waals surface area contributed by atoms with Crippen LogP contribution in [-0.4, -0.2) is 16.6 Å². The number of alkyl halides is 1. The van der Waals surface area contributed by atoms with Crippen LogP contribution in [0.5, 0.6) is 0 Å². The number of aliphatic hydroxyl groups excluding tert-OH is 1. The van der Waals surface area contributed by atoms with Gasteiger partial charge in [-0.05, 0) is 6.42 Å². The van der Waals surface area contributed by atoms with Crippen molar-refractivity contribution in [2.45, 2.75) is 17.9 Å². The van der Waals surface area contributed by atoms with E-state index >= 15 is 0 Å². The van der Waals surface area contributed by atoms with Crippen LogP contribution in [0.3, 0.4) is 0 Å². The Morgan fingerprint density at radius 1 is 1.80 bits per heavy atom. The van der Waals surface area contributed by atoms with E-state index in [1.54, 1.807) is 0 Å². The number of hydrogen-bond donors (Lipinski definition) is 1. The summed E-state index contributed by atoms with van der Waals surface area (Å²) in [6, 6.07) is 0. The molecule has 0 aliphatic heterocycles. The molecule has 1 aliphatic carbocycles. The van der Waals surface area contributed by atoms with Crippen molar-refractivity contribution < 1.29 is 5.11 Å². The average molecular weight is 92.5 g/mol. The second-order valence-electron chi connectivity index (χ2n) is 1.32. The molecular weight excluding hydrogens is 87.5 g/mol. The topological polar surface area (TPSA) is 20.2 Å². The van der Waals surface area contributed by atoms with Crippen LogP contribution in [0.2, 0.25) is 0 Å². The Kier molecular flexibility index (Phi) is 0.588. The first-order valence-electron chi connectivity index (χ1n) is 1.63. The zero-order valence-electron chi connectivity index (χ0n) is 2.69. The monoisotopic (exact) mass is 92.0 g/mol. The lowest BCUT2D eigenvalue weighted by atomic mass is 10.9. The summed E-state index contributed by atoms with van der Waals surface area (Å²) in [5.74, 6) is 0. The van der Waals surface area contributed by atoms with Crippen molar-refractivity contribution in [1.82, 2.24) is 0 Å². The molecular formula is C3H5ClO. The van der Waals surface area contributed by atoms with Gasteiger partial charge in [-0.25, -0.2) is 0 Å². The second-order valence-corrected chi connectivity index (χ2v) is 1.88. The van der Waals surface area contributed by atoms with E-state index in [-0.39, 0.29) is 11.5 Å². The van der Waals surface area contributed by atoms with Gasteiger partial charge in [0.05, 0.1) is 11.5 Å². The molecule has 0 aromatic carbocycles. The van der Waals surface area contributed by atoms with Crippen LogP contribution < -0.4 is 0 Å². The van der Waals surface area contributed by atoms with Crippen LogP contribution in [0, 0.1) is 0 Å². The minimum atomic E-state index is -0.184. The fraction of sp³-hybridized carbons (Fsp3) is 1.00. The van der Waals surface area contributed by atoms with E-state index in [1.165, 1.54) is 0 Å². The molecule has 30 valence electrons. The predicted molar refractivity (Wildman–Crippen MR) is 20.3 cm³/mol. The fourth-order valence-corrected chi connectivity index (χ4v) is 0.335. The van der Waals surface area contributed by atoms with Gasteiger partial charge in [-0.1, -0.05) is 0 Å². The van der Waals surface area contributed by atoms with E-state index < -0.39 is 0 Å². The molecule has 2 unspecified atom stereocenters. The van der Waals surface area contributed by atoms with Gasteiger partial charge in [0.2, 0.25) is 0 Å². The van der Waals surface area contributed by atoms with Crippen molar-refractivity contribution in [3.63, 3.8) is 0 Å². The zero-order chi connectivity index (χ0) is 3.86. The van der Waals surface area contributed by atoms with Gasteiger partial charge >= 0.3 is 0 Å². The molecule has 0 radical (unpaired) electrons. The highest BCUT2D eigenvalue weighted by atomic mass is 35.5. The van der Waals surface area contributed by atoms with E-state index in [4.69, 9.17) is 16.7 Å². The van der Waals surface area contributed by atoms with Gasteiger partial charge in [0.25, 0.3) is 0 Å². The number of halogens is 1. The van der Waals surface area contributed by atoms with Crippen molar-refractivity contribution >= 4 is 11.6 Å². The predicted octanol–water partition coefficient (Wildman–Crippen LogP) is 0.358. The van der Waals surface area contributed by atoms with Crippen LogP contribution in [-0.2, 0) is 0 Å². The molecule has 0 bridgehead atoms. The summed E-state index contributed by atoms with van der Waals surface area (Å²) in [6.07, 6.45) is 0.610. The van der Waals surface area contributed by atoms with Crippen LogP contribution in [0.15, 0.2) is 0 Å². The first-order chi connectivity index (χ1) is 2.30. The minimum Gasteiger partial charge on any atom is -0.392 e. The zero-order valence-corrected chi connectivity index (χ0v) is 3.44. The Hall–Kier alpha value is 0.250. The Morgan fingerprint density at radius 3 is 2.00 bits per heavy atom. The summed E-state index contributed by atoms with van der Waals surface area (Å²) in [5.41, 5.74) is 0. The summed E-state index contributed by atoms with van der Waals surface area (Å²) < 4.78 is 0. The molecule has 0 aromatic rings. The number of aliphatic hydroxyl groups is 1. The number of rotatable bonds is 0. The molecule has 5 heavy (non-hydrogen) atoms. The van der Waals surface area contributed by atoms with Crippen molar-refractivity contribution in [2.24, 2.45) is 0 Å². The summed E-state index contributed by atoms with van der Waals surface area (Å²) in [5, 5.41) is 8.38. The quantitative estimate of drug-likeness (QED) is 0.428. The van der Waals surface area contributed by atoms with Crippen LogP contribution in [0.4, 0.5) is 0 Å². The highest BCUT2D eigenvalue weighted by Crippen LogP contribution is 2.26. The lowest BCUT2D eigenvalue weighted by molar-refractivity contribution is 0.280. The number of hydrogen-bond acceptors (Lipinski definition) is 1. The van der Waals surface area contributed by atoms with Gasteiger partial charge in [-0.2, -0.15) is 0 Å². The molecule has 2 atom stereocenters. The standard InChI is InChI=1S/C3H5ClO/c4-2-1-3(2)5/h2-3,5H,1H2. The van der Waals surface area contributed by atoms with Crippen LogP contribution >= 0.6 is 11.6 Å². The van der Waals surface area contributed by atoms with Gasteiger partial charge < -0.3 is 5.11 Å². The largest absolute Gasteiger partial charge is 0.392 e. The highest BCUT2D eigenvalue weighted by Gasteiger charge is 2.32. The highest BCUT2D eigenvalue weighted by molar-refractivity contribution is 6.22. The van der Waals surface area contributed by atoms with Gasteiger partial charge in [0.1, 0.15) is 0 Å². The molecule has 1 nitrogen and oxygen atoms in total. The normalized spacial score (nSPS) is 49.2. The first-order valence-corrected chi connectivity index (χ1v) is 2.06. The van der Waals surface area contributed by atoms with E-state index in [1.807, 2.05) is 0 Å². The maximum absolute atomic E-state index is 8.30. The van der Waals surface area contributed by atoms with Crippen LogP contribution in [0.25, 0.3) is 0 Å². The molecule has 0 aromatic heterocycles. The van der Waals surface area contributed by atoms with E-state index in [2.05, 4.69) is 0 Å². The Bertz CT molecular complexity index is 40.2. The maximum Gasteiger partial charge on any atom is 0.0719 e. The SMILES string of the molecule is OC1CC1Cl. The summed E-state index contributed by atoms with van der Waals surface area (Å²) in [7, 11) is 0. The van der Waals surface area contributed by atoms with Crippen molar-refractivity contribution in [3.05, 3.63) is 0 Å². The Balaban J connectivity index is 2.20. The van der Waals surface area contributed by atoms with Gasteiger partial charge in [0.15, 0.2) is 0 Å². The fourth-order valence-electron chi connectivity index (χ4n) is 0.152. The molecule has 1 rings (SSSR count). The van der Waals surface area contributed by atoms with Gasteiger partial charge in [-0.3, -0.25) is 0 Å². The molecule has 1 aliphatic rings. The third kappa shape index (κ3) is 0.551. The molecule has 0 saturated heterocycles. The molecule has 1 saturated carbocycles. The maximum atomic E-state index is 8.30. The minimum absolute atomic E-state index is 0.0787. The summed E-state index contributed by atoms with van der Waals surface area (Å²) >= 11 is 5.29.